The molecule has 4 nitrogen and oxygen atoms in total. The number of rotatable bonds is 4. The third kappa shape index (κ3) is 2.74. The number of imidazole rings is 1. The summed E-state index contributed by atoms with van der Waals surface area (Å²) in [6, 6.07) is 7.40. The molecule has 78 valence electrons. The van der Waals surface area contributed by atoms with Gasteiger partial charge in [-0.1, -0.05) is 6.07 Å². The molecule has 0 aliphatic rings. The molecule has 2 aromatic rings. The Hall–Kier alpha value is -1.97. The van der Waals surface area contributed by atoms with E-state index in [4.69, 9.17) is 10.5 Å². The fraction of sp³-hybridized carbons (Fsp3) is 0.182. The number of benzene rings is 1. The molecule has 0 radical (unpaired) electrons. The minimum atomic E-state index is 0.594. The van der Waals surface area contributed by atoms with Crippen LogP contribution in [-0.2, 0) is 6.42 Å². The second-order valence-electron chi connectivity index (χ2n) is 3.21. The molecular weight excluding hydrogens is 190 g/mol. The molecule has 0 saturated heterocycles. The van der Waals surface area contributed by atoms with E-state index in [1.165, 1.54) is 0 Å². The highest BCUT2D eigenvalue weighted by atomic mass is 16.5. The van der Waals surface area contributed by atoms with Crippen LogP contribution in [0.2, 0.25) is 0 Å². The molecule has 1 aromatic carbocycles. The van der Waals surface area contributed by atoms with Crippen LogP contribution in [0, 0.1) is 0 Å². The highest BCUT2D eigenvalue weighted by Crippen LogP contribution is 2.14. The monoisotopic (exact) mass is 203 g/mol. The zero-order valence-corrected chi connectivity index (χ0v) is 8.31. The first-order valence-corrected chi connectivity index (χ1v) is 4.81. The molecule has 0 saturated carbocycles. The topological polar surface area (TPSA) is 63.9 Å². The summed E-state index contributed by atoms with van der Waals surface area (Å²) >= 11 is 0. The van der Waals surface area contributed by atoms with Crippen LogP contribution < -0.4 is 10.5 Å². The van der Waals surface area contributed by atoms with Crippen molar-refractivity contribution < 1.29 is 4.74 Å². The van der Waals surface area contributed by atoms with Crippen molar-refractivity contribution in [1.82, 2.24) is 9.97 Å². The molecule has 2 rings (SSSR count). The van der Waals surface area contributed by atoms with Crippen molar-refractivity contribution in [3.05, 3.63) is 42.5 Å². The van der Waals surface area contributed by atoms with Crippen molar-refractivity contribution in [1.29, 1.82) is 0 Å². The summed E-state index contributed by atoms with van der Waals surface area (Å²) in [6.45, 7) is 0.594. The standard InChI is InChI=1S/C11H13N3O/c12-9-2-1-3-10(8-9)15-7-4-11-13-5-6-14-11/h1-3,5-6,8H,4,7,12H2,(H,13,14). The van der Waals surface area contributed by atoms with E-state index in [9.17, 15) is 0 Å². The van der Waals surface area contributed by atoms with E-state index in [0.717, 1.165) is 18.0 Å². The lowest BCUT2D eigenvalue weighted by atomic mass is 10.3. The van der Waals surface area contributed by atoms with Gasteiger partial charge in [-0.05, 0) is 12.1 Å². The lowest BCUT2D eigenvalue weighted by Crippen LogP contribution is -2.02. The molecular formula is C11H13N3O. The first kappa shape index (κ1) is 9.58. The predicted octanol–water partition coefficient (Wildman–Crippen LogP) is 1.61. The summed E-state index contributed by atoms with van der Waals surface area (Å²) in [7, 11) is 0. The number of nitrogens with one attached hydrogen (secondary N) is 1. The molecule has 1 aromatic heterocycles. The molecule has 0 atom stereocenters. The van der Waals surface area contributed by atoms with Crippen LogP contribution in [0.5, 0.6) is 5.75 Å². The fourth-order valence-electron chi connectivity index (χ4n) is 1.30. The van der Waals surface area contributed by atoms with Crippen molar-refractivity contribution in [2.24, 2.45) is 0 Å². The Labute approximate surface area is 88.1 Å². The predicted molar refractivity (Wildman–Crippen MR) is 58.6 cm³/mol. The van der Waals surface area contributed by atoms with Crippen molar-refractivity contribution in [2.75, 3.05) is 12.3 Å². The molecule has 0 amide bonds. The number of aromatic nitrogens is 2. The van der Waals surface area contributed by atoms with E-state index in [1.807, 2.05) is 24.3 Å². The van der Waals surface area contributed by atoms with Crippen molar-refractivity contribution in [2.45, 2.75) is 6.42 Å². The van der Waals surface area contributed by atoms with Crippen molar-refractivity contribution in [3.8, 4) is 5.75 Å². The zero-order chi connectivity index (χ0) is 10.5. The fourth-order valence-corrected chi connectivity index (χ4v) is 1.30. The van der Waals surface area contributed by atoms with Gasteiger partial charge in [0.15, 0.2) is 0 Å². The number of ether oxygens (including phenoxy) is 1. The quantitative estimate of drug-likeness (QED) is 0.742. The summed E-state index contributed by atoms with van der Waals surface area (Å²) in [5.41, 5.74) is 6.34. The number of nitrogens with two attached hydrogens (primary N) is 1. The molecule has 0 fully saturated rings. The molecule has 0 aliphatic heterocycles. The number of anilines is 1. The van der Waals surface area contributed by atoms with Crippen molar-refractivity contribution >= 4 is 5.69 Å². The lowest BCUT2D eigenvalue weighted by molar-refractivity contribution is 0.319. The van der Waals surface area contributed by atoms with Gasteiger partial charge in [0.2, 0.25) is 0 Å². The maximum absolute atomic E-state index is 5.63. The number of aromatic amines is 1. The maximum Gasteiger partial charge on any atom is 0.121 e. The van der Waals surface area contributed by atoms with Gasteiger partial charge in [-0.3, -0.25) is 0 Å². The zero-order valence-electron chi connectivity index (χ0n) is 8.31. The number of hydrogen-bond acceptors (Lipinski definition) is 3. The summed E-state index contributed by atoms with van der Waals surface area (Å²) < 4.78 is 5.52. The van der Waals surface area contributed by atoms with Crippen LogP contribution >= 0.6 is 0 Å². The third-order valence-electron chi connectivity index (χ3n) is 2.02. The molecule has 0 spiro atoms. The number of hydrogen-bond donors (Lipinski definition) is 2. The van der Waals surface area contributed by atoms with Gasteiger partial charge < -0.3 is 15.5 Å². The Bertz CT molecular complexity index is 412. The van der Waals surface area contributed by atoms with Crippen molar-refractivity contribution in [3.63, 3.8) is 0 Å². The highest BCUT2D eigenvalue weighted by molar-refractivity contribution is 5.43. The van der Waals surface area contributed by atoms with E-state index in [1.54, 1.807) is 12.4 Å². The molecule has 15 heavy (non-hydrogen) atoms. The van der Waals surface area contributed by atoms with Crippen LogP contribution in [0.3, 0.4) is 0 Å². The van der Waals surface area contributed by atoms with Crippen LogP contribution in [0.15, 0.2) is 36.7 Å². The first-order valence-electron chi connectivity index (χ1n) is 4.81. The minimum absolute atomic E-state index is 0.594. The first-order chi connectivity index (χ1) is 7.34. The molecule has 4 heteroatoms. The van der Waals surface area contributed by atoms with E-state index < -0.39 is 0 Å². The highest BCUT2D eigenvalue weighted by Gasteiger charge is 1.97. The van der Waals surface area contributed by atoms with Gasteiger partial charge in [0.25, 0.3) is 0 Å². The van der Waals surface area contributed by atoms with Crippen LogP contribution in [0.4, 0.5) is 5.69 Å². The Kier molecular flexibility index (Phi) is 2.88. The number of nitrogen functional groups attached to an aromatic ring is 1. The van der Waals surface area contributed by atoms with Gasteiger partial charge in [-0.25, -0.2) is 4.98 Å². The molecule has 1 heterocycles. The van der Waals surface area contributed by atoms with Gasteiger partial charge >= 0.3 is 0 Å². The van der Waals surface area contributed by atoms with Crippen LogP contribution in [0.25, 0.3) is 0 Å². The summed E-state index contributed by atoms with van der Waals surface area (Å²) in [5.74, 6) is 1.72. The largest absolute Gasteiger partial charge is 0.493 e. The Morgan fingerprint density at radius 2 is 2.33 bits per heavy atom. The van der Waals surface area contributed by atoms with Gasteiger partial charge in [0, 0.05) is 30.6 Å². The lowest BCUT2D eigenvalue weighted by Gasteiger charge is -2.05. The Morgan fingerprint density at radius 3 is 3.07 bits per heavy atom. The Balaban J connectivity index is 1.83. The summed E-state index contributed by atoms with van der Waals surface area (Å²) in [5, 5.41) is 0. The SMILES string of the molecule is Nc1cccc(OCCc2ncc[nH]2)c1. The summed E-state index contributed by atoms with van der Waals surface area (Å²) in [4.78, 5) is 7.12. The second-order valence-corrected chi connectivity index (χ2v) is 3.21. The summed E-state index contributed by atoms with van der Waals surface area (Å²) in [6.07, 6.45) is 4.30. The van der Waals surface area contributed by atoms with Crippen LogP contribution in [0.1, 0.15) is 5.82 Å². The van der Waals surface area contributed by atoms with E-state index in [-0.39, 0.29) is 0 Å². The van der Waals surface area contributed by atoms with E-state index in [2.05, 4.69) is 9.97 Å². The Morgan fingerprint density at radius 1 is 1.40 bits per heavy atom. The van der Waals surface area contributed by atoms with Gasteiger partial charge in [-0.15, -0.1) is 0 Å². The van der Waals surface area contributed by atoms with E-state index >= 15 is 0 Å². The third-order valence-corrected chi connectivity index (χ3v) is 2.02. The molecule has 0 aliphatic carbocycles. The van der Waals surface area contributed by atoms with Gasteiger partial charge in [0.1, 0.15) is 11.6 Å². The molecule has 0 bridgehead atoms. The number of H-pyrrole nitrogens is 1. The van der Waals surface area contributed by atoms with Gasteiger partial charge in [-0.2, -0.15) is 0 Å². The van der Waals surface area contributed by atoms with Crippen LogP contribution in [-0.4, -0.2) is 16.6 Å². The van der Waals surface area contributed by atoms with E-state index in [0.29, 0.717) is 12.3 Å². The number of nitrogens with zero attached hydrogens (tertiary/aromatic N) is 1. The average molecular weight is 203 g/mol. The molecule has 3 N–H and O–H groups in total. The average Bonchev–Trinajstić information content (AvgIpc) is 2.71. The smallest absolute Gasteiger partial charge is 0.121 e. The van der Waals surface area contributed by atoms with Gasteiger partial charge in [0.05, 0.1) is 6.61 Å². The maximum atomic E-state index is 5.63. The normalized spacial score (nSPS) is 10.1. The molecule has 0 unspecified atom stereocenters. The minimum Gasteiger partial charge on any atom is -0.493 e. The second kappa shape index (κ2) is 4.50.